The van der Waals surface area contributed by atoms with E-state index in [9.17, 15) is 0 Å². The number of likely N-dealkylation sites (N-methyl/N-ethyl adjacent to an activating group) is 1. The number of nitrogens with zero attached hydrogens (tertiary/aromatic N) is 1. The normalized spacial score (nSPS) is 34.4. The largest absolute Gasteiger partial charge is 0.315 e. The van der Waals surface area contributed by atoms with Crippen LogP contribution in [0.1, 0.15) is 65.7 Å². The van der Waals surface area contributed by atoms with E-state index in [0.29, 0.717) is 5.41 Å². The van der Waals surface area contributed by atoms with Crippen molar-refractivity contribution in [3.05, 3.63) is 0 Å². The zero-order chi connectivity index (χ0) is 13.9. The molecule has 0 aromatic rings. The summed E-state index contributed by atoms with van der Waals surface area (Å²) >= 11 is 0. The fourth-order valence-corrected chi connectivity index (χ4v) is 4.14. The molecule has 1 saturated carbocycles. The Morgan fingerprint density at radius 1 is 1.11 bits per heavy atom. The highest BCUT2D eigenvalue weighted by Gasteiger charge is 2.39. The summed E-state index contributed by atoms with van der Waals surface area (Å²) in [6.07, 6.45) is 9.77. The van der Waals surface area contributed by atoms with Crippen LogP contribution in [0, 0.1) is 11.3 Å². The number of hydrogen-bond donors (Lipinski definition) is 1. The van der Waals surface area contributed by atoms with Gasteiger partial charge in [0.25, 0.3) is 0 Å². The van der Waals surface area contributed by atoms with Gasteiger partial charge in [-0.3, -0.25) is 4.90 Å². The first kappa shape index (κ1) is 15.3. The lowest BCUT2D eigenvalue weighted by molar-refractivity contribution is 0.0422. The number of piperidine rings is 1. The van der Waals surface area contributed by atoms with E-state index in [2.05, 4.69) is 38.0 Å². The first-order valence-electron chi connectivity index (χ1n) is 8.49. The fraction of sp³-hybridized carbons (Fsp3) is 1.00. The second kappa shape index (κ2) is 6.58. The second-order valence-electron chi connectivity index (χ2n) is 7.41. The van der Waals surface area contributed by atoms with Gasteiger partial charge in [0.1, 0.15) is 0 Å². The van der Waals surface area contributed by atoms with E-state index in [4.69, 9.17) is 0 Å². The van der Waals surface area contributed by atoms with Crippen molar-refractivity contribution in [3.63, 3.8) is 0 Å². The summed E-state index contributed by atoms with van der Waals surface area (Å²) < 4.78 is 0. The van der Waals surface area contributed by atoms with Gasteiger partial charge in [-0.15, -0.1) is 0 Å². The monoisotopic (exact) mass is 266 g/mol. The van der Waals surface area contributed by atoms with Gasteiger partial charge in [0, 0.05) is 12.1 Å². The van der Waals surface area contributed by atoms with Gasteiger partial charge in [-0.1, -0.05) is 33.6 Å². The van der Waals surface area contributed by atoms with Crippen molar-refractivity contribution in [1.82, 2.24) is 10.2 Å². The zero-order valence-electron chi connectivity index (χ0n) is 13.5. The molecule has 1 heterocycles. The average molecular weight is 266 g/mol. The Balaban J connectivity index is 2.04. The summed E-state index contributed by atoms with van der Waals surface area (Å²) in [6.45, 7) is 9.99. The third-order valence-electron chi connectivity index (χ3n) is 6.06. The molecule has 0 aromatic heterocycles. The molecule has 2 heteroatoms. The topological polar surface area (TPSA) is 15.3 Å². The van der Waals surface area contributed by atoms with Gasteiger partial charge < -0.3 is 5.32 Å². The van der Waals surface area contributed by atoms with Crippen molar-refractivity contribution in [2.45, 2.75) is 77.8 Å². The summed E-state index contributed by atoms with van der Waals surface area (Å²) in [5.41, 5.74) is 0.521. The number of hydrogen-bond acceptors (Lipinski definition) is 2. The summed E-state index contributed by atoms with van der Waals surface area (Å²) in [4.78, 5) is 2.79. The van der Waals surface area contributed by atoms with Gasteiger partial charge in [-0.05, 0) is 63.6 Å². The van der Waals surface area contributed by atoms with Crippen LogP contribution in [0.25, 0.3) is 0 Å². The highest BCUT2D eigenvalue weighted by Crippen LogP contribution is 2.42. The van der Waals surface area contributed by atoms with E-state index in [1.807, 2.05) is 0 Å². The van der Waals surface area contributed by atoms with Crippen LogP contribution in [-0.4, -0.2) is 37.1 Å². The third-order valence-corrected chi connectivity index (χ3v) is 6.06. The SMILES string of the molecule is CCC(C)(C)C1CCC(NC)C(N2CCCCC2)C1. The molecule has 1 aliphatic heterocycles. The van der Waals surface area contributed by atoms with Crippen LogP contribution < -0.4 is 5.32 Å². The Labute approximate surface area is 120 Å². The molecule has 112 valence electrons. The molecule has 2 nitrogen and oxygen atoms in total. The Bertz CT molecular complexity index is 268. The van der Waals surface area contributed by atoms with Crippen molar-refractivity contribution >= 4 is 0 Å². The van der Waals surface area contributed by atoms with Gasteiger partial charge in [-0.2, -0.15) is 0 Å². The minimum Gasteiger partial charge on any atom is -0.315 e. The second-order valence-corrected chi connectivity index (χ2v) is 7.41. The maximum absolute atomic E-state index is 3.60. The summed E-state index contributed by atoms with van der Waals surface area (Å²) in [5.74, 6) is 0.911. The van der Waals surface area contributed by atoms with E-state index < -0.39 is 0 Å². The molecule has 0 aromatic carbocycles. The van der Waals surface area contributed by atoms with Crippen LogP contribution in [0.3, 0.4) is 0 Å². The maximum Gasteiger partial charge on any atom is 0.0252 e. The number of nitrogens with one attached hydrogen (secondary N) is 1. The molecule has 1 saturated heterocycles. The van der Waals surface area contributed by atoms with Crippen molar-refractivity contribution in [1.29, 1.82) is 0 Å². The quantitative estimate of drug-likeness (QED) is 0.835. The van der Waals surface area contributed by atoms with E-state index in [1.165, 1.54) is 58.0 Å². The molecule has 1 aliphatic carbocycles. The maximum atomic E-state index is 3.60. The molecule has 2 fully saturated rings. The molecular weight excluding hydrogens is 232 g/mol. The molecule has 3 unspecified atom stereocenters. The molecular formula is C17H34N2. The minimum absolute atomic E-state index is 0.521. The predicted octanol–water partition coefficient (Wildman–Crippen LogP) is 3.67. The third kappa shape index (κ3) is 3.52. The highest BCUT2D eigenvalue weighted by atomic mass is 15.2. The fourth-order valence-electron chi connectivity index (χ4n) is 4.14. The van der Waals surface area contributed by atoms with Gasteiger partial charge in [0.2, 0.25) is 0 Å². The van der Waals surface area contributed by atoms with Crippen molar-refractivity contribution in [3.8, 4) is 0 Å². The Morgan fingerprint density at radius 3 is 2.37 bits per heavy atom. The van der Waals surface area contributed by atoms with Crippen LogP contribution in [0.4, 0.5) is 0 Å². The minimum atomic E-state index is 0.521. The van der Waals surface area contributed by atoms with Crippen LogP contribution in [0.15, 0.2) is 0 Å². The Morgan fingerprint density at radius 2 is 1.79 bits per heavy atom. The first-order valence-corrected chi connectivity index (χ1v) is 8.49. The van der Waals surface area contributed by atoms with Crippen molar-refractivity contribution in [2.24, 2.45) is 11.3 Å². The van der Waals surface area contributed by atoms with Crippen LogP contribution in [0.2, 0.25) is 0 Å². The molecule has 2 aliphatic rings. The zero-order valence-corrected chi connectivity index (χ0v) is 13.5. The van der Waals surface area contributed by atoms with Crippen LogP contribution in [-0.2, 0) is 0 Å². The molecule has 2 rings (SSSR count). The van der Waals surface area contributed by atoms with Crippen molar-refractivity contribution < 1.29 is 0 Å². The summed E-state index contributed by atoms with van der Waals surface area (Å²) in [5, 5.41) is 3.60. The van der Waals surface area contributed by atoms with E-state index >= 15 is 0 Å². The van der Waals surface area contributed by atoms with Gasteiger partial charge >= 0.3 is 0 Å². The van der Waals surface area contributed by atoms with E-state index in [0.717, 1.165) is 18.0 Å². The molecule has 0 amide bonds. The van der Waals surface area contributed by atoms with Gasteiger partial charge in [0.15, 0.2) is 0 Å². The van der Waals surface area contributed by atoms with Crippen LogP contribution in [0.5, 0.6) is 0 Å². The molecule has 0 bridgehead atoms. The Hall–Kier alpha value is -0.0800. The molecule has 0 radical (unpaired) electrons. The van der Waals surface area contributed by atoms with Gasteiger partial charge in [0.05, 0.1) is 0 Å². The molecule has 1 N–H and O–H groups in total. The summed E-state index contributed by atoms with van der Waals surface area (Å²) in [6, 6.07) is 1.51. The average Bonchev–Trinajstić information content (AvgIpc) is 2.47. The van der Waals surface area contributed by atoms with E-state index in [-0.39, 0.29) is 0 Å². The van der Waals surface area contributed by atoms with Gasteiger partial charge in [-0.25, -0.2) is 0 Å². The molecule has 19 heavy (non-hydrogen) atoms. The molecule has 0 spiro atoms. The Kier molecular flexibility index (Phi) is 5.30. The number of likely N-dealkylation sites (tertiary alicyclic amines) is 1. The smallest absolute Gasteiger partial charge is 0.0252 e. The highest BCUT2D eigenvalue weighted by molar-refractivity contribution is 4.95. The first-order chi connectivity index (χ1) is 9.08. The number of rotatable bonds is 4. The van der Waals surface area contributed by atoms with E-state index in [1.54, 1.807) is 0 Å². The lowest BCUT2D eigenvalue weighted by Gasteiger charge is -2.48. The van der Waals surface area contributed by atoms with Crippen LogP contribution >= 0.6 is 0 Å². The predicted molar refractivity (Wildman–Crippen MR) is 83.5 cm³/mol. The lowest BCUT2D eigenvalue weighted by atomic mass is 9.67. The standard InChI is InChI=1S/C17H34N2/c1-5-17(2,3)14-9-10-15(18-4)16(13-14)19-11-7-6-8-12-19/h14-16,18H,5-13H2,1-4H3. The van der Waals surface area contributed by atoms with Crippen molar-refractivity contribution in [2.75, 3.05) is 20.1 Å². The lowest BCUT2D eigenvalue weighted by Crippen LogP contribution is -2.55. The molecule has 3 atom stereocenters. The summed E-state index contributed by atoms with van der Waals surface area (Å²) in [7, 11) is 2.16.